The summed E-state index contributed by atoms with van der Waals surface area (Å²) in [5.41, 5.74) is 6.94. The highest BCUT2D eigenvalue weighted by Gasteiger charge is 2.18. The monoisotopic (exact) mass is 625 g/mol. The van der Waals surface area contributed by atoms with Crippen LogP contribution in [0, 0.1) is 0 Å². The van der Waals surface area contributed by atoms with Crippen molar-refractivity contribution in [2.45, 2.75) is 0 Å². The molecule has 4 nitrogen and oxygen atoms in total. The standard InChI is InChI=1S/C45H27N3O/c1-2-12-29(13-3-1)32-16-8-18-34-33(32)17-9-20-37(34)44-46-43(31-24-23-28-11-4-5-14-30(28)27-31)47-45(48-44)38-21-10-19-36-35(38)25-26-41-42(36)39-15-6-7-22-40(39)49-41/h1-27H. The smallest absolute Gasteiger partial charge is 0.164 e. The molecule has 2 aromatic heterocycles. The van der Waals surface area contributed by atoms with Crippen LogP contribution in [0.5, 0.6) is 0 Å². The van der Waals surface area contributed by atoms with Crippen LogP contribution in [0.4, 0.5) is 0 Å². The Kier molecular flexibility index (Phi) is 6.15. The van der Waals surface area contributed by atoms with Gasteiger partial charge in [0.05, 0.1) is 0 Å². The summed E-state index contributed by atoms with van der Waals surface area (Å²) in [5, 5.41) is 8.92. The molecule has 0 amide bonds. The fraction of sp³-hybridized carbons (Fsp3) is 0. The van der Waals surface area contributed by atoms with E-state index < -0.39 is 0 Å². The Morgan fingerprint density at radius 2 is 0.918 bits per heavy atom. The highest BCUT2D eigenvalue weighted by Crippen LogP contribution is 2.39. The molecule has 0 saturated heterocycles. The predicted molar refractivity (Wildman–Crippen MR) is 201 cm³/mol. The topological polar surface area (TPSA) is 51.8 Å². The Morgan fingerprint density at radius 3 is 1.71 bits per heavy atom. The van der Waals surface area contributed by atoms with Crippen molar-refractivity contribution in [2.75, 3.05) is 0 Å². The first-order valence-electron chi connectivity index (χ1n) is 16.4. The first kappa shape index (κ1) is 27.5. The number of benzene rings is 8. The van der Waals surface area contributed by atoms with Crippen LogP contribution in [0.15, 0.2) is 168 Å². The van der Waals surface area contributed by atoms with Gasteiger partial charge in [0.1, 0.15) is 11.2 Å². The number of para-hydroxylation sites is 1. The van der Waals surface area contributed by atoms with Gasteiger partial charge in [-0.25, -0.2) is 15.0 Å². The molecule has 0 radical (unpaired) electrons. The first-order chi connectivity index (χ1) is 24.3. The number of aromatic nitrogens is 3. The van der Waals surface area contributed by atoms with Crippen LogP contribution in [0.2, 0.25) is 0 Å². The Morgan fingerprint density at radius 1 is 0.327 bits per heavy atom. The molecule has 0 fully saturated rings. The Hall–Kier alpha value is -6.65. The lowest BCUT2D eigenvalue weighted by Gasteiger charge is -2.13. The van der Waals surface area contributed by atoms with E-state index in [-0.39, 0.29) is 0 Å². The van der Waals surface area contributed by atoms with Crippen LogP contribution < -0.4 is 0 Å². The lowest BCUT2D eigenvalue weighted by Crippen LogP contribution is -2.01. The molecule has 0 atom stereocenters. The van der Waals surface area contributed by atoms with Gasteiger partial charge in [-0.1, -0.05) is 140 Å². The second kappa shape index (κ2) is 11.0. The molecule has 0 unspecified atom stereocenters. The van der Waals surface area contributed by atoms with Gasteiger partial charge < -0.3 is 4.42 Å². The van der Waals surface area contributed by atoms with E-state index in [1.54, 1.807) is 0 Å². The zero-order chi connectivity index (χ0) is 32.3. The van der Waals surface area contributed by atoms with E-state index in [1.165, 1.54) is 16.5 Å². The predicted octanol–water partition coefficient (Wildman–Crippen LogP) is 11.9. The molecular weight excluding hydrogens is 599 g/mol. The summed E-state index contributed by atoms with van der Waals surface area (Å²) in [4.78, 5) is 15.6. The maximum Gasteiger partial charge on any atom is 0.164 e. The van der Waals surface area contributed by atoms with Gasteiger partial charge in [0.15, 0.2) is 17.5 Å². The Bertz CT molecular complexity index is 2890. The van der Waals surface area contributed by atoms with Gasteiger partial charge >= 0.3 is 0 Å². The molecule has 228 valence electrons. The summed E-state index contributed by atoms with van der Waals surface area (Å²) < 4.78 is 6.24. The molecule has 4 heteroatoms. The van der Waals surface area contributed by atoms with Gasteiger partial charge in [0.2, 0.25) is 0 Å². The summed E-state index contributed by atoms with van der Waals surface area (Å²) >= 11 is 0. The molecule has 0 saturated carbocycles. The van der Waals surface area contributed by atoms with Crippen LogP contribution in [0.3, 0.4) is 0 Å². The molecule has 10 aromatic rings. The van der Waals surface area contributed by atoms with Gasteiger partial charge in [-0.2, -0.15) is 0 Å². The third-order valence-corrected chi connectivity index (χ3v) is 9.53. The molecule has 0 aliphatic rings. The van der Waals surface area contributed by atoms with E-state index in [0.717, 1.165) is 65.6 Å². The van der Waals surface area contributed by atoms with Gasteiger partial charge in [0.25, 0.3) is 0 Å². The molecule has 0 aliphatic heterocycles. The summed E-state index contributed by atoms with van der Waals surface area (Å²) in [7, 11) is 0. The van der Waals surface area contributed by atoms with Gasteiger partial charge in [0, 0.05) is 27.5 Å². The van der Waals surface area contributed by atoms with Crippen molar-refractivity contribution in [1.82, 2.24) is 15.0 Å². The van der Waals surface area contributed by atoms with Crippen LogP contribution >= 0.6 is 0 Å². The first-order valence-corrected chi connectivity index (χ1v) is 16.4. The molecule has 0 spiro atoms. The minimum Gasteiger partial charge on any atom is -0.456 e. The number of furan rings is 1. The number of nitrogens with zero attached hydrogens (tertiary/aromatic N) is 3. The maximum absolute atomic E-state index is 6.24. The minimum atomic E-state index is 0.627. The third kappa shape index (κ3) is 4.49. The van der Waals surface area contributed by atoms with E-state index in [2.05, 4.69) is 146 Å². The second-order valence-electron chi connectivity index (χ2n) is 12.4. The molecule has 2 heterocycles. The number of hydrogen-bond acceptors (Lipinski definition) is 4. The third-order valence-electron chi connectivity index (χ3n) is 9.53. The van der Waals surface area contributed by atoms with Crippen LogP contribution in [0.25, 0.3) is 99.5 Å². The van der Waals surface area contributed by atoms with Crippen molar-refractivity contribution in [3.63, 3.8) is 0 Å². The number of rotatable bonds is 4. The molecule has 0 aliphatic carbocycles. The van der Waals surface area contributed by atoms with E-state index in [0.29, 0.717) is 17.5 Å². The van der Waals surface area contributed by atoms with Gasteiger partial charge in [-0.15, -0.1) is 0 Å². The normalized spacial score (nSPS) is 11.7. The summed E-state index contributed by atoms with van der Waals surface area (Å²) in [6, 6.07) is 56.9. The van der Waals surface area contributed by atoms with E-state index in [1.807, 2.05) is 18.2 Å². The van der Waals surface area contributed by atoms with Crippen molar-refractivity contribution in [3.05, 3.63) is 164 Å². The largest absolute Gasteiger partial charge is 0.456 e. The fourth-order valence-electron chi connectivity index (χ4n) is 7.23. The van der Waals surface area contributed by atoms with Crippen molar-refractivity contribution in [1.29, 1.82) is 0 Å². The van der Waals surface area contributed by atoms with Gasteiger partial charge in [-0.3, -0.25) is 0 Å². The number of fused-ring (bicyclic) bond motifs is 7. The van der Waals surface area contributed by atoms with E-state index in [9.17, 15) is 0 Å². The van der Waals surface area contributed by atoms with Crippen molar-refractivity contribution in [3.8, 4) is 45.3 Å². The molecule has 0 N–H and O–H groups in total. The average Bonchev–Trinajstić information content (AvgIpc) is 3.56. The zero-order valence-corrected chi connectivity index (χ0v) is 26.3. The van der Waals surface area contributed by atoms with Crippen LogP contribution in [-0.4, -0.2) is 15.0 Å². The quantitative estimate of drug-likeness (QED) is 0.195. The van der Waals surface area contributed by atoms with Crippen molar-refractivity contribution >= 4 is 54.3 Å². The summed E-state index contributed by atoms with van der Waals surface area (Å²) in [5.74, 6) is 1.90. The van der Waals surface area contributed by atoms with Gasteiger partial charge in [-0.05, 0) is 67.7 Å². The fourth-order valence-corrected chi connectivity index (χ4v) is 7.23. The molecular formula is C45H27N3O. The highest BCUT2D eigenvalue weighted by atomic mass is 16.3. The zero-order valence-electron chi connectivity index (χ0n) is 26.3. The molecule has 49 heavy (non-hydrogen) atoms. The second-order valence-corrected chi connectivity index (χ2v) is 12.4. The van der Waals surface area contributed by atoms with Crippen LogP contribution in [0.1, 0.15) is 0 Å². The molecule has 0 bridgehead atoms. The summed E-state index contributed by atoms with van der Waals surface area (Å²) in [6.45, 7) is 0. The molecule has 8 aromatic carbocycles. The average molecular weight is 626 g/mol. The van der Waals surface area contributed by atoms with Crippen molar-refractivity contribution in [2.24, 2.45) is 0 Å². The summed E-state index contributed by atoms with van der Waals surface area (Å²) in [6.07, 6.45) is 0. The lowest BCUT2D eigenvalue weighted by atomic mass is 9.95. The van der Waals surface area contributed by atoms with Crippen LogP contribution in [-0.2, 0) is 0 Å². The van der Waals surface area contributed by atoms with Crippen molar-refractivity contribution < 1.29 is 4.42 Å². The van der Waals surface area contributed by atoms with E-state index in [4.69, 9.17) is 19.4 Å². The van der Waals surface area contributed by atoms with E-state index >= 15 is 0 Å². The Labute approximate surface area is 282 Å². The lowest BCUT2D eigenvalue weighted by molar-refractivity contribution is 0.669. The SMILES string of the molecule is c1ccc(-c2cccc3c(-c4nc(-c5ccc6ccccc6c5)nc(-c5cccc6c5ccc5oc7ccccc7c56)n4)cccc23)cc1. The Balaban J connectivity index is 1.24. The number of hydrogen-bond donors (Lipinski definition) is 0. The highest BCUT2D eigenvalue weighted by molar-refractivity contribution is 6.20. The minimum absolute atomic E-state index is 0.627. The maximum atomic E-state index is 6.24. The molecule has 10 rings (SSSR count).